The van der Waals surface area contributed by atoms with Crippen LogP contribution in [0.15, 0.2) is 0 Å². The lowest BCUT2D eigenvalue weighted by Gasteiger charge is -2.49. The number of hydrogen-bond donors (Lipinski definition) is 0. The van der Waals surface area contributed by atoms with Crippen molar-refractivity contribution < 1.29 is 4.74 Å². The van der Waals surface area contributed by atoms with Gasteiger partial charge in [-0.3, -0.25) is 0 Å². The Kier molecular flexibility index (Phi) is 6.46. The van der Waals surface area contributed by atoms with E-state index in [2.05, 4.69) is 13.8 Å². The molecule has 0 aliphatic heterocycles. The summed E-state index contributed by atoms with van der Waals surface area (Å²) in [5, 5.41) is 0. The van der Waals surface area contributed by atoms with Gasteiger partial charge in [-0.25, -0.2) is 0 Å². The molecule has 3 saturated carbocycles. The van der Waals surface area contributed by atoms with Gasteiger partial charge in [0, 0.05) is 0 Å². The highest BCUT2D eigenvalue weighted by Gasteiger charge is 2.44. The van der Waals surface area contributed by atoms with Crippen LogP contribution in [-0.2, 0) is 4.74 Å². The first-order valence-electron chi connectivity index (χ1n) is 10.9. The molecule has 3 rings (SSSR count). The lowest BCUT2D eigenvalue weighted by Crippen LogP contribution is -2.49. The van der Waals surface area contributed by atoms with Crippen LogP contribution in [0.1, 0.15) is 110 Å². The molecule has 0 N–H and O–H groups in total. The van der Waals surface area contributed by atoms with E-state index in [1.54, 1.807) is 0 Å². The second kappa shape index (κ2) is 8.37. The number of hydrogen-bond acceptors (Lipinski definition) is 1. The van der Waals surface area contributed by atoms with Gasteiger partial charge in [0.05, 0.1) is 11.7 Å². The molecule has 1 nitrogen and oxygen atoms in total. The molecule has 0 bridgehead atoms. The Bertz CT molecular complexity index is 314. The Balaban J connectivity index is 1.70. The van der Waals surface area contributed by atoms with E-state index in [4.69, 9.17) is 4.74 Å². The van der Waals surface area contributed by atoms with E-state index in [-0.39, 0.29) is 5.60 Å². The Morgan fingerprint density at radius 3 is 1.48 bits per heavy atom. The molecular weight excluding hydrogens is 280 g/mol. The zero-order valence-electron chi connectivity index (χ0n) is 15.8. The van der Waals surface area contributed by atoms with E-state index in [0.717, 1.165) is 17.8 Å². The molecule has 1 atom stereocenters. The fraction of sp³-hybridized carbons (Fsp3) is 1.00. The first-order valence-corrected chi connectivity index (χ1v) is 10.9. The van der Waals surface area contributed by atoms with Crippen LogP contribution < -0.4 is 0 Å². The van der Waals surface area contributed by atoms with Gasteiger partial charge in [0.15, 0.2) is 0 Å². The molecule has 0 aromatic heterocycles. The van der Waals surface area contributed by atoms with Crippen molar-refractivity contribution in [2.45, 2.75) is 122 Å². The summed E-state index contributed by atoms with van der Waals surface area (Å²) in [6.07, 6.45) is 22.0. The Morgan fingerprint density at radius 1 is 0.652 bits per heavy atom. The topological polar surface area (TPSA) is 9.23 Å². The highest BCUT2D eigenvalue weighted by molar-refractivity contribution is 4.94. The average Bonchev–Trinajstić information content (AvgIpc) is 2.64. The maximum absolute atomic E-state index is 7.06. The van der Waals surface area contributed by atoms with Crippen LogP contribution >= 0.6 is 0 Å². The maximum atomic E-state index is 7.06. The summed E-state index contributed by atoms with van der Waals surface area (Å²) in [5.41, 5.74) is 0.164. The summed E-state index contributed by atoms with van der Waals surface area (Å²) in [5.74, 6) is 2.48. The molecule has 1 heteroatoms. The van der Waals surface area contributed by atoms with Gasteiger partial charge in [0.2, 0.25) is 0 Å². The quantitative estimate of drug-likeness (QED) is 0.536. The van der Waals surface area contributed by atoms with Crippen molar-refractivity contribution in [3.8, 4) is 0 Å². The second-order valence-corrected chi connectivity index (χ2v) is 9.07. The van der Waals surface area contributed by atoms with Crippen LogP contribution in [0.5, 0.6) is 0 Å². The van der Waals surface area contributed by atoms with Crippen LogP contribution in [0, 0.1) is 17.8 Å². The molecule has 0 spiro atoms. The summed E-state index contributed by atoms with van der Waals surface area (Å²) in [7, 11) is 0. The largest absolute Gasteiger partial charge is 0.371 e. The molecule has 0 saturated heterocycles. The molecule has 0 aromatic rings. The third-order valence-electron chi connectivity index (χ3n) is 7.59. The Labute approximate surface area is 144 Å². The molecule has 0 radical (unpaired) electrons. The van der Waals surface area contributed by atoms with Crippen molar-refractivity contribution in [1.29, 1.82) is 0 Å². The maximum Gasteiger partial charge on any atom is 0.0714 e. The summed E-state index contributed by atoms with van der Waals surface area (Å²) < 4.78 is 7.06. The van der Waals surface area contributed by atoms with Crippen molar-refractivity contribution >= 4 is 0 Å². The molecule has 0 aromatic carbocycles. The SMILES string of the molecule is CC(OC(C)(C1CCCCC1)C1CCCCC1)C1CCCCC1. The van der Waals surface area contributed by atoms with Gasteiger partial charge in [0.25, 0.3) is 0 Å². The van der Waals surface area contributed by atoms with E-state index in [9.17, 15) is 0 Å². The zero-order valence-corrected chi connectivity index (χ0v) is 15.8. The van der Waals surface area contributed by atoms with E-state index >= 15 is 0 Å². The standard InChI is InChI=1S/C22H40O/c1-18(19-12-6-3-7-13-19)23-22(2,20-14-8-4-9-15-20)21-16-10-5-11-17-21/h18-21H,3-17H2,1-2H3. The monoisotopic (exact) mass is 320 g/mol. The van der Waals surface area contributed by atoms with Gasteiger partial charge in [-0.1, -0.05) is 57.8 Å². The van der Waals surface area contributed by atoms with Crippen molar-refractivity contribution in [1.82, 2.24) is 0 Å². The predicted molar refractivity (Wildman–Crippen MR) is 98.7 cm³/mol. The molecule has 23 heavy (non-hydrogen) atoms. The van der Waals surface area contributed by atoms with Gasteiger partial charge in [-0.05, 0) is 70.1 Å². The van der Waals surface area contributed by atoms with Gasteiger partial charge in [0.1, 0.15) is 0 Å². The summed E-state index contributed by atoms with van der Waals surface area (Å²) >= 11 is 0. The average molecular weight is 321 g/mol. The van der Waals surface area contributed by atoms with E-state index < -0.39 is 0 Å². The predicted octanol–water partition coefficient (Wildman–Crippen LogP) is 6.89. The van der Waals surface area contributed by atoms with Gasteiger partial charge in [-0.15, -0.1) is 0 Å². The Hall–Kier alpha value is -0.0400. The van der Waals surface area contributed by atoms with Crippen molar-refractivity contribution in [2.24, 2.45) is 17.8 Å². The fourth-order valence-electron chi connectivity index (χ4n) is 5.98. The van der Waals surface area contributed by atoms with Crippen LogP contribution in [0.25, 0.3) is 0 Å². The molecular formula is C22H40O. The van der Waals surface area contributed by atoms with Crippen molar-refractivity contribution in [3.63, 3.8) is 0 Å². The Morgan fingerprint density at radius 2 is 1.04 bits per heavy atom. The van der Waals surface area contributed by atoms with E-state index in [0.29, 0.717) is 6.10 Å². The van der Waals surface area contributed by atoms with Crippen molar-refractivity contribution in [3.05, 3.63) is 0 Å². The number of ether oxygens (including phenoxy) is 1. The second-order valence-electron chi connectivity index (χ2n) is 9.07. The van der Waals surface area contributed by atoms with Gasteiger partial charge in [-0.2, -0.15) is 0 Å². The number of rotatable bonds is 5. The van der Waals surface area contributed by atoms with Crippen LogP contribution in [0.2, 0.25) is 0 Å². The minimum absolute atomic E-state index is 0.164. The first-order chi connectivity index (χ1) is 11.2. The van der Waals surface area contributed by atoms with Gasteiger partial charge >= 0.3 is 0 Å². The molecule has 3 aliphatic rings. The van der Waals surface area contributed by atoms with E-state index in [1.807, 2.05) is 0 Å². The summed E-state index contributed by atoms with van der Waals surface area (Å²) in [6, 6.07) is 0. The normalized spacial score (nSPS) is 27.9. The minimum atomic E-state index is 0.164. The molecule has 0 amide bonds. The third kappa shape index (κ3) is 4.33. The van der Waals surface area contributed by atoms with Gasteiger partial charge < -0.3 is 4.74 Å². The fourth-order valence-corrected chi connectivity index (χ4v) is 5.98. The smallest absolute Gasteiger partial charge is 0.0714 e. The lowest BCUT2D eigenvalue weighted by atomic mass is 9.67. The van der Waals surface area contributed by atoms with E-state index in [1.165, 1.54) is 96.3 Å². The zero-order chi connectivity index (χ0) is 16.1. The van der Waals surface area contributed by atoms with Crippen LogP contribution in [-0.4, -0.2) is 11.7 Å². The molecule has 3 fully saturated rings. The third-order valence-corrected chi connectivity index (χ3v) is 7.59. The molecule has 0 heterocycles. The molecule has 3 aliphatic carbocycles. The van der Waals surface area contributed by atoms with Crippen LogP contribution in [0.3, 0.4) is 0 Å². The van der Waals surface area contributed by atoms with Crippen LogP contribution in [0.4, 0.5) is 0 Å². The van der Waals surface area contributed by atoms with Crippen molar-refractivity contribution in [2.75, 3.05) is 0 Å². The highest BCUT2D eigenvalue weighted by Crippen LogP contribution is 2.46. The summed E-state index contributed by atoms with van der Waals surface area (Å²) in [4.78, 5) is 0. The molecule has 134 valence electrons. The first kappa shape index (κ1) is 17.8. The lowest BCUT2D eigenvalue weighted by molar-refractivity contribution is -0.174. The minimum Gasteiger partial charge on any atom is -0.371 e. The summed E-state index contributed by atoms with van der Waals surface area (Å²) in [6.45, 7) is 4.93. The highest BCUT2D eigenvalue weighted by atomic mass is 16.5. The molecule has 1 unspecified atom stereocenters.